The Morgan fingerprint density at radius 1 is 1.19 bits per heavy atom. The second-order valence-electron chi connectivity index (χ2n) is 8.43. The fourth-order valence-corrected chi connectivity index (χ4v) is 3.71. The molecule has 0 aliphatic carbocycles. The summed E-state index contributed by atoms with van der Waals surface area (Å²) in [6.45, 7) is 8.36. The van der Waals surface area contributed by atoms with Gasteiger partial charge in [0.2, 0.25) is 5.91 Å². The molecular weight excluding hydrogens is 403 g/mol. The number of allylic oxidation sites excluding steroid dienone is 1. The Kier molecular flexibility index (Phi) is 5.98. The molecule has 0 radical (unpaired) electrons. The minimum atomic E-state index is -4.44. The largest absolute Gasteiger partial charge is 0.416 e. The quantitative estimate of drug-likeness (QED) is 0.527. The number of benzene rings is 2. The third kappa shape index (κ3) is 4.98. The van der Waals surface area contributed by atoms with Gasteiger partial charge in [-0.15, -0.1) is 0 Å². The summed E-state index contributed by atoms with van der Waals surface area (Å²) in [7, 11) is 2.06. The van der Waals surface area contributed by atoms with E-state index in [1.54, 1.807) is 6.21 Å². The number of carbonyl (C=O) groups excluding carboxylic acids is 1. The van der Waals surface area contributed by atoms with Gasteiger partial charge in [0.1, 0.15) is 0 Å². The maximum atomic E-state index is 12.8. The summed E-state index contributed by atoms with van der Waals surface area (Å²) in [5.74, 6) is -0.483. The third-order valence-corrected chi connectivity index (χ3v) is 5.62. The van der Waals surface area contributed by atoms with E-state index in [2.05, 4.69) is 55.4 Å². The first-order valence-electron chi connectivity index (χ1n) is 9.95. The molecule has 0 spiro atoms. The topological polar surface area (TPSA) is 44.7 Å². The minimum absolute atomic E-state index is 0.0868. The van der Waals surface area contributed by atoms with Crippen LogP contribution in [0, 0.1) is 6.92 Å². The zero-order chi connectivity index (χ0) is 23.0. The SMILES string of the molecule is CC1=CC(C)(C)N(C)c2cc(C)c(/C=N/NC(=O)Cc3cccc(C(F)(F)F)c3)cc21. The first-order valence-corrected chi connectivity index (χ1v) is 9.95. The van der Waals surface area contributed by atoms with Gasteiger partial charge in [-0.2, -0.15) is 18.3 Å². The molecule has 0 saturated carbocycles. The molecule has 2 aromatic rings. The van der Waals surface area contributed by atoms with E-state index in [0.29, 0.717) is 0 Å². The van der Waals surface area contributed by atoms with Crippen molar-refractivity contribution in [2.24, 2.45) is 5.10 Å². The second kappa shape index (κ2) is 8.21. The predicted octanol–water partition coefficient (Wildman–Crippen LogP) is 5.34. The summed E-state index contributed by atoms with van der Waals surface area (Å²) in [6.07, 6.45) is -0.855. The molecule has 31 heavy (non-hydrogen) atoms. The molecule has 1 heterocycles. The number of aryl methyl sites for hydroxylation is 1. The maximum Gasteiger partial charge on any atom is 0.416 e. The number of nitrogens with one attached hydrogen (secondary N) is 1. The van der Waals surface area contributed by atoms with Gasteiger partial charge >= 0.3 is 6.18 Å². The highest BCUT2D eigenvalue weighted by molar-refractivity contribution is 5.90. The summed E-state index contributed by atoms with van der Waals surface area (Å²) < 4.78 is 38.5. The van der Waals surface area contributed by atoms with Crippen LogP contribution in [-0.2, 0) is 17.4 Å². The number of rotatable bonds is 4. The number of anilines is 1. The first-order chi connectivity index (χ1) is 14.4. The normalized spacial score (nSPS) is 15.6. The Hall–Kier alpha value is -3.09. The molecule has 1 aliphatic heterocycles. The highest BCUT2D eigenvalue weighted by atomic mass is 19.4. The smallest absolute Gasteiger partial charge is 0.365 e. The Morgan fingerprint density at radius 2 is 1.90 bits per heavy atom. The van der Waals surface area contributed by atoms with Crippen LogP contribution in [0.2, 0.25) is 0 Å². The lowest BCUT2D eigenvalue weighted by atomic mass is 9.87. The van der Waals surface area contributed by atoms with Crippen molar-refractivity contribution in [3.05, 3.63) is 70.3 Å². The molecule has 1 N–H and O–H groups in total. The van der Waals surface area contributed by atoms with Crippen molar-refractivity contribution in [1.82, 2.24) is 5.43 Å². The number of alkyl halides is 3. The van der Waals surface area contributed by atoms with E-state index in [-0.39, 0.29) is 17.5 Å². The first kappa shape index (κ1) is 22.6. The molecule has 2 aromatic carbocycles. The molecule has 0 saturated heterocycles. The fraction of sp³-hybridized carbons (Fsp3) is 0.333. The van der Waals surface area contributed by atoms with Gasteiger partial charge < -0.3 is 4.90 Å². The number of hydrazone groups is 1. The molecular formula is C24H26F3N3O. The second-order valence-corrected chi connectivity index (χ2v) is 8.43. The summed E-state index contributed by atoms with van der Waals surface area (Å²) in [6, 6.07) is 8.86. The molecule has 0 atom stereocenters. The van der Waals surface area contributed by atoms with Crippen molar-refractivity contribution in [3.63, 3.8) is 0 Å². The number of nitrogens with zero attached hydrogens (tertiary/aromatic N) is 2. The number of likely N-dealkylation sites (N-methyl/N-ethyl adjacent to an activating group) is 1. The van der Waals surface area contributed by atoms with Crippen LogP contribution >= 0.6 is 0 Å². The molecule has 4 nitrogen and oxygen atoms in total. The highest BCUT2D eigenvalue weighted by Gasteiger charge is 2.30. The molecule has 7 heteroatoms. The van der Waals surface area contributed by atoms with Crippen LogP contribution in [0.3, 0.4) is 0 Å². The molecule has 1 aliphatic rings. The number of hydrogen-bond donors (Lipinski definition) is 1. The van der Waals surface area contributed by atoms with E-state index >= 15 is 0 Å². The zero-order valence-electron chi connectivity index (χ0n) is 18.3. The van der Waals surface area contributed by atoms with Crippen molar-refractivity contribution >= 4 is 23.4 Å². The average molecular weight is 429 g/mol. The minimum Gasteiger partial charge on any atom is -0.365 e. The molecule has 3 rings (SSSR count). The summed E-state index contributed by atoms with van der Waals surface area (Å²) in [4.78, 5) is 14.3. The summed E-state index contributed by atoms with van der Waals surface area (Å²) in [5, 5.41) is 4.01. The Labute approximate surface area is 180 Å². The van der Waals surface area contributed by atoms with E-state index in [0.717, 1.165) is 34.5 Å². The van der Waals surface area contributed by atoms with E-state index in [9.17, 15) is 18.0 Å². The molecule has 0 unspecified atom stereocenters. The zero-order valence-corrected chi connectivity index (χ0v) is 18.3. The van der Waals surface area contributed by atoms with E-state index < -0.39 is 17.6 Å². The number of hydrogen-bond acceptors (Lipinski definition) is 3. The number of amides is 1. The number of halogens is 3. The summed E-state index contributed by atoms with van der Waals surface area (Å²) >= 11 is 0. The monoisotopic (exact) mass is 429 g/mol. The van der Waals surface area contributed by atoms with Crippen LogP contribution < -0.4 is 10.3 Å². The Bertz CT molecular complexity index is 1070. The molecule has 0 aromatic heterocycles. The van der Waals surface area contributed by atoms with Gasteiger partial charge in [-0.3, -0.25) is 4.79 Å². The van der Waals surface area contributed by atoms with Crippen LogP contribution in [0.4, 0.5) is 18.9 Å². The molecule has 164 valence electrons. The maximum absolute atomic E-state index is 12.8. The van der Waals surface area contributed by atoms with Crippen molar-refractivity contribution < 1.29 is 18.0 Å². The molecule has 1 amide bonds. The third-order valence-electron chi connectivity index (χ3n) is 5.62. The lowest BCUT2D eigenvalue weighted by Crippen LogP contribution is -2.42. The average Bonchev–Trinajstić information content (AvgIpc) is 2.66. The van der Waals surface area contributed by atoms with Crippen molar-refractivity contribution in [2.45, 2.75) is 45.8 Å². The fourth-order valence-electron chi connectivity index (χ4n) is 3.71. The number of fused-ring (bicyclic) bond motifs is 1. The van der Waals surface area contributed by atoms with Gasteiger partial charge in [-0.25, -0.2) is 5.43 Å². The van der Waals surface area contributed by atoms with Gasteiger partial charge in [0.15, 0.2) is 0 Å². The van der Waals surface area contributed by atoms with Crippen LogP contribution in [-0.4, -0.2) is 24.7 Å². The van der Waals surface area contributed by atoms with Gasteiger partial charge in [0, 0.05) is 18.3 Å². The van der Waals surface area contributed by atoms with Crippen molar-refractivity contribution in [3.8, 4) is 0 Å². The van der Waals surface area contributed by atoms with Crippen LogP contribution in [0.15, 0.2) is 47.6 Å². The van der Waals surface area contributed by atoms with Crippen LogP contribution in [0.1, 0.15) is 48.6 Å². The van der Waals surface area contributed by atoms with Crippen LogP contribution in [0.25, 0.3) is 5.57 Å². The lowest BCUT2D eigenvalue weighted by Gasteiger charge is -2.41. The standard InChI is InChI=1S/C24H26F3N3O/c1-15-9-21-20(16(2)13-23(3,4)30(21)5)12-18(15)14-28-29-22(31)11-17-7-6-8-19(10-17)24(25,26)27/h6-10,12-14H,11H2,1-5H3,(H,29,31)/b28-14+. The molecule has 0 bridgehead atoms. The summed E-state index contributed by atoms with van der Waals surface area (Å²) in [5.41, 5.74) is 7.09. The number of carbonyl (C=O) groups is 1. The van der Waals surface area contributed by atoms with Crippen molar-refractivity contribution in [1.29, 1.82) is 0 Å². The van der Waals surface area contributed by atoms with E-state index in [1.165, 1.54) is 17.7 Å². The van der Waals surface area contributed by atoms with Gasteiger partial charge in [-0.1, -0.05) is 24.3 Å². The Balaban J connectivity index is 1.72. The van der Waals surface area contributed by atoms with E-state index in [4.69, 9.17) is 0 Å². The van der Waals surface area contributed by atoms with Crippen LogP contribution in [0.5, 0.6) is 0 Å². The van der Waals surface area contributed by atoms with Gasteiger partial charge in [0.05, 0.1) is 23.7 Å². The lowest BCUT2D eigenvalue weighted by molar-refractivity contribution is -0.137. The predicted molar refractivity (Wildman–Crippen MR) is 118 cm³/mol. The van der Waals surface area contributed by atoms with Gasteiger partial charge in [0.25, 0.3) is 0 Å². The van der Waals surface area contributed by atoms with E-state index in [1.807, 2.05) is 13.0 Å². The molecule has 0 fully saturated rings. The van der Waals surface area contributed by atoms with Crippen molar-refractivity contribution in [2.75, 3.05) is 11.9 Å². The van der Waals surface area contributed by atoms with Gasteiger partial charge in [-0.05, 0) is 68.2 Å². The highest BCUT2D eigenvalue weighted by Crippen LogP contribution is 2.39. The Morgan fingerprint density at radius 3 is 2.58 bits per heavy atom.